The number of rotatable bonds is 6. The van der Waals surface area contributed by atoms with Gasteiger partial charge in [0.05, 0.1) is 17.7 Å². The van der Waals surface area contributed by atoms with Gasteiger partial charge in [-0.25, -0.2) is 4.98 Å². The summed E-state index contributed by atoms with van der Waals surface area (Å²) in [5.74, 6) is -0.0415. The van der Waals surface area contributed by atoms with Gasteiger partial charge in [-0.05, 0) is 48.0 Å². The van der Waals surface area contributed by atoms with Gasteiger partial charge in [-0.3, -0.25) is 14.5 Å². The molecule has 0 saturated heterocycles. The van der Waals surface area contributed by atoms with Crippen LogP contribution in [0.25, 0.3) is 0 Å². The molecule has 0 aliphatic rings. The quantitative estimate of drug-likeness (QED) is 0.454. The summed E-state index contributed by atoms with van der Waals surface area (Å²) in [5.41, 5.74) is 0.521. The highest BCUT2D eigenvalue weighted by molar-refractivity contribution is 6.07. The predicted octanol–water partition coefficient (Wildman–Crippen LogP) is 4.74. The van der Waals surface area contributed by atoms with E-state index in [0.717, 1.165) is 17.7 Å². The topological polar surface area (TPSA) is 84.7 Å². The Morgan fingerprint density at radius 1 is 1.00 bits per heavy atom. The molecule has 0 spiro atoms. The monoisotopic (exact) mass is 438 g/mol. The van der Waals surface area contributed by atoms with E-state index in [1.54, 1.807) is 35.4 Å². The van der Waals surface area contributed by atoms with Gasteiger partial charge in [0.1, 0.15) is 5.82 Å². The summed E-state index contributed by atoms with van der Waals surface area (Å²) in [4.78, 5) is 20.9. The number of nitrogens with one attached hydrogen (secondary N) is 2. The SMILES string of the molecule is O=C(Nc1ccn(Cc2ccncc2)n1)c1cccnc1Nc1cccc(C(F)(F)F)c1. The lowest BCUT2D eigenvalue weighted by Gasteiger charge is -2.12. The minimum absolute atomic E-state index is 0.126. The van der Waals surface area contributed by atoms with Gasteiger partial charge >= 0.3 is 6.18 Å². The highest BCUT2D eigenvalue weighted by atomic mass is 19.4. The number of anilines is 3. The fourth-order valence-corrected chi connectivity index (χ4v) is 2.97. The molecule has 0 aliphatic carbocycles. The zero-order chi connectivity index (χ0) is 22.6. The molecule has 0 fully saturated rings. The molecule has 2 N–H and O–H groups in total. The summed E-state index contributed by atoms with van der Waals surface area (Å²) in [5, 5.41) is 9.79. The van der Waals surface area contributed by atoms with E-state index >= 15 is 0 Å². The number of aromatic nitrogens is 4. The molecule has 162 valence electrons. The van der Waals surface area contributed by atoms with Crippen LogP contribution in [0.1, 0.15) is 21.5 Å². The van der Waals surface area contributed by atoms with Crippen molar-refractivity contribution < 1.29 is 18.0 Å². The van der Waals surface area contributed by atoms with E-state index in [1.165, 1.54) is 24.4 Å². The summed E-state index contributed by atoms with van der Waals surface area (Å²) in [7, 11) is 0. The fourth-order valence-electron chi connectivity index (χ4n) is 2.97. The summed E-state index contributed by atoms with van der Waals surface area (Å²) in [6.07, 6.45) is 2.06. The molecule has 4 rings (SSSR count). The molecular weight excluding hydrogens is 421 g/mol. The zero-order valence-corrected chi connectivity index (χ0v) is 16.5. The normalized spacial score (nSPS) is 11.2. The zero-order valence-electron chi connectivity index (χ0n) is 16.5. The second-order valence-corrected chi connectivity index (χ2v) is 6.81. The Morgan fingerprint density at radius 2 is 1.81 bits per heavy atom. The van der Waals surface area contributed by atoms with Crippen molar-refractivity contribution in [2.45, 2.75) is 12.7 Å². The van der Waals surface area contributed by atoms with Crippen LogP contribution in [0.2, 0.25) is 0 Å². The van der Waals surface area contributed by atoms with Crippen LogP contribution in [0.3, 0.4) is 0 Å². The highest BCUT2D eigenvalue weighted by Gasteiger charge is 2.30. The van der Waals surface area contributed by atoms with Gasteiger partial charge in [-0.2, -0.15) is 18.3 Å². The van der Waals surface area contributed by atoms with Crippen LogP contribution in [-0.4, -0.2) is 25.7 Å². The molecule has 0 unspecified atom stereocenters. The fraction of sp³-hybridized carbons (Fsp3) is 0.0909. The average Bonchev–Trinajstić information content (AvgIpc) is 3.21. The molecule has 0 aliphatic heterocycles. The summed E-state index contributed by atoms with van der Waals surface area (Å²) < 4.78 is 40.6. The third kappa shape index (κ3) is 5.09. The molecule has 3 aromatic heterocycles. The highest BCUT2D eigenvalue weighted by Crippen LogP contribution is 2.31. The van der Waals surface area contributed by atoms with Crippen molar-refractivity contribution in [3.05, 3.63) is 96.1 Å². The van der Waals surface area contributed by atoms with Crippen molar-refractivity contribution in [2.75, 3.05) is 10.6 Å². The molecule has 10 heteroatoms. The molecule has 0 radical (unpaired) electrons. The van der Waals surface area contributed by atoms with E-state index in [-0.39, 0.29) is 17.1 Å². The first-order valence-corrected chi connectivity index (χ1v) is 9.51. The standard InChI is InChI=1S/C22H17F3N6O/c23-22(24,25)16-3-1-4-17(13-16)28-20-18(5-2-9-27-20)21(32)29-19-8-12-31(30-19)14-15-6-10-26-11-7-15/h1-13H,14H2,(H,27,28)(H,29,30,32). The lowest BCUT2D eigenvalue weighted by atomic mass is 10.2. The number of hydrogen-bond acceptors (Lipinski definition) is 5. The van der Waals surface area contributed by atoms with Crippen LogP contribution in [-0.2, 0) is 12.7 Å². The Bertz CT molecular complexity index is 1220. The number of nitrogens with zero attached hydrogens (tertiary/aromatic N) is 4. The molecular formula is C22H17F3N6O. The van der Waals surface area contributed by atoms with Gasteiger partial charge in [0.25, 0.3) is 5.91 Å². The molecule has 0 bridgehead atoms. The average molecular weight is 438 g/mol. The van der Waals surface area contributed by atoms with Gasteiger partial charge < -0.3 is 10.6 Å². The maximum Gasteiger partial charge on any atom is 0.416 e. The van der Waals surface area contributed by atoms with Crippen LogP contribution in [0.5, 0.6) is 0 Å². The predicted molar refractivity (Wildman–Crippen MR) is 112 cm³/mol. The Hall–Kier alpha value is -4.21. The van der Waals surface area contributed by atoms with E-state index in [9.17, 15) is 18.0 Å². The van der Waals surface area contributed by atoms with E-state index in [0.29, 0.717) is 12.4 Å². The lowest BCUT2D eigenvalue weighted by Crippen LogP contribution is -2.15. The number of carbonyl (C=O) groups excluding carboxylic acids is 1. The van der Waals surface area contributed by atoms with E-state index in [4.69, 9.17) is 0 Å². The van der Waals surface area contributed by atoms with Crippen molar-refractivity contribution in [3.8, 4) is 0 Å². The van der Waals surface area contributed by atoms with Gasteiger partial charge in [-0.15, -0.1) is 0 Å². The number of amides is 1. The molecule has 0 atom stereocenters. The van der Waals surface area contributed by atoms with Crippen molar-refractivity contribution in [2.24, 2.45) is 0 Å². The number of benzene rings is 1. The summed E-state index contributed by atoms with van der Waals surface area (Å²) in [6.45, 7) is 0.508. The number of halogens is 3. The number of pyridine rings is 2. The van der Waals surface area contributed by atoms with E-state index in [1.807, 2.05) is 12.1 Å². The van der Waals surface area contributed by atoms with E-state index < -0.39 is 17.6 Å². The largest absolute Gasteiger partial charge is 0.416 e. The number of carbonyl (C=O) groups is 1. The van der Waals surface area contributed by atoms with Crippen LogP contribution in [0.15, 0.2) is 79.4 Å². The molecule has 4 aromatic rings. The van der Waals surface area contributed by atoms with Crippen LogP contribution >= 0.6 is 0 Å². The van der Waals surface area contributed by atoms with Crippen molar-refractivity contribution in [1.82, 2.24) is 19.7 Å². The second-order valence-electron chi connectivity index (χ2n) is 6.81. The Balaban J connectivity index is 1.49. The Labute approximate surface area is 181 Å². The number of hydrogen-bond donors (Lipinski definition) is 2. The Morgan fingerprint density at radius 3 is 2.59 bits per heavy atom. The second kappa shape index (κ2) is 8.88. The lowest BCUT2D eigenvalue weighted by molar-refractivity contribution is -0.137. The van der Waals surface area contributed by atoms with Crippen molar-refractivity contribution in [1.29, 1.82) is 0 Å². The summed E-state index contributed by atoms with van der Waals surface area (Å²) in [6, 6.07) is 13.1. The maximum atomic E-state index is 13.0. The molecule has 7 nitrogen and oxygen atoms in total. The van der Waals surface area contributed by atoms with Gasteiger partial charge in [0.2, 0.25) is 0 Å². The Kier molecular flexibility index (Phi) is 5.84. The smallest absolute Gasteiger partial charge is 0.340 e. The maximum absolute atomic E-state index is 13.0. The molecule has 1 aromatic carbocycles. The first-order valence-electron chi connectivity index (χ1n) is 9.51. The molecule has 3 heterocycles. The molecule has 1 amide bonds. The third-order valence-corrected chi connectivity index (χ3v) is 4.48. The van der Waals surface area contributed by atoms with Crippen LogP contribution < -0.4 is 10.6 Å². The first-order chi connectivity index (χ1) is 15.4. The van der Waals surface area contributed by atoms with E-state index in [2.05, 4.69) is 25.7 Å². The molecule has 0 saturated carbocycles. The minimum atomic E-state index is -4.48. The van der Waals surface area contributed by atoms with Crippen molar-refractivity contribution >= 4 is 23.2 Å². The third-order valence-electron chi connectivity index (χ3n) is 4.48. The van der Waals surface area contributed by atoms with Crippen molar-refractivity contribution in [3.63, 3.8) is 0 Å². The van der Waals surface area contributed by atoms with Crippen LogP contribution in [0, 0.1) is 0 Å². The number of alkyl halides is 3. The van der Waals surface area contributed by atoms with Gasteiger partial charge in [0.15, 0.2) is 5.82 Å². The van der Waals surface area contributed by atoms with Crippen LogP contribution in [0.4, 0.5) is 30.5 Å². The summed E-state index contributed by atoms with van der Waals surface area (Å²) >= 11 is 0. The first kappa shape index (κ1) is 21.0. The van der Waals surface area contributed by atoms with Gasteiger partial charge in [0, 0.05) is 36.5 Å². The van der Waals surface area contributed by atoms with Gasteiger partial charge in [-0.1, -0.05) is 6.07 Å². The minimum Gasteiger partial charge on any atom is -0.340 e. The molecule has 32 heavy (non-hydrogen) atoms.